The predicted octanol–water partition coefficient (Wildman–Crippen LogP) is 0.154. The first-order chi connectivity index (χ1) is 6.06. The van der Waals surface area contributed by atoms with Gasteiger partial charge in [-0.3, -0.25) is 4.90 Å². The average Bonchev–Trinajstić information content (AvgIpc) is 1.98. The lowest BCUT2D eigenvalue weighted by Gasteiger charge is -2.19. The van der Waals surface area contributed by atoms with Crippen LogP contribution in [0.3, 0.4) is 0 Å². The van der Waals surface area contributed by atoms with Gasteiger partial charge in [0, 0.05) is 13.1 Å². The third kappa shape index (κ3) is 8.08. The van der Waals surface area contributed by atoms with Gasteiger partial charge in [-0.2, -0.15) is 0 Å². The molecule has 0 saturated heterocycles. The minimum atomic E-state index is -2.34. The molecule has 1 unspecified atom stereocenters. The Morgan fingerprint density at radius 1 is 1.38 bits per heavy atom. The molecule has 0 heterocycles. The molecule has 0 aliphatic heterocycles. The quantitative estimate of drug-likeness (QED) is 0.608. The number of alkyl halides is 2. The first kappa shape index (κ1) is 12.7. The maximum atomic E-state index is 11.8. The maximum absolute atomic E-state index is 11.8. The summed E-state index contributed by atoms with van der Waals surface area (Å²) in [5, 5.41) is 12.3. The van der Waals surface area contributed by atoms with Crippen molar-refractivity contribution >= 4 is 0 Å². The largest absolute Gasteiger partial charge is 0.390 e. The van der Waals surface area contributed by atoms with Gasteiger partial charge in [-0.1, -0.05) is 6.92 Å². The Bertz CT molecular complexity index is 125. The summed E-state index contributed by atoms with van der Waals surface area (Å²) in [5.74, 6) is 0. The van der Waals surface area contributed by atoms with Crippen molar-refractivity contribution in [2.75, 3.05) is 33.2 Å². The molecule has 2 N–H and O–H groups in total. The highest BCUT2D eigenvalue weighted by Crippen LogP contribution is 1.96. The zero-order chi connectivity index (χ0) is 10.3. The number of nitrogens with one attached hydrogen (secondary N) is 1. The van der Waals surface area contributed by atoms with E-state index in [1.54, 1.807) is 7.05 Å². The molecule has 0 saturated carbocycles. The van der Waals surface area contributed by atoms with E-state index >= 15 is 0 Å². The normalized spacial score (nSPS) is 14.1. The molecule has 0 radical (unpaired) electrons. The Labute approximate surface area is 77.7 Å². The van der Waals surface area contributed by atoms with Crippen LogP contribution in [-0.2, 0) is 0 Å². The second-order valence-corrected chi connectivity index (χ2v) is 3.07. The number of hydrogen-bond acceptors (Lipinski definition) is 3. The van der Waals surface area contributed by atoms with Crippen molar-refractivity contribution in [1.82, 2.24) is 10.2 Å². The molecule has 0 aromatic carbocycles. The van der Waals surface area contributed by atoms with Crippen molar-refractivity contribution < 1.29 is 13.9 Å². The smallest absolute Gasteiger partial charge is 0.251 e. The van der Waals surface area contributed by atoms with Crippen molar-refractivity contribution in [2.45, 2.75) is 19.5 Å². The SMILES string of the molecule is CCNCC(O)CN(C)CC(F)F. The Morgan fingerprint density at radius 3 is 2.46 bits per heavy atom. The number of aliphatic hydroxyl groups is 1. The van der Waals surface area contributed by atoms with E-state index in [4.69, 9.17) is 0 Å². The molecule has 80 valence electrons. The molecule has 0 rings (SSSR count). The summed E-state index contributed by atoms with van der Waals surface area (Å²) < 4.78 is 23.7. The van der Waals surface area contributed by atoms with Gasteiger partial charge in [-0.05, 0) is 13.6 Å². The first-order valence-electron chi connectivity index (χ1n) is 4.41. The summed E-state index contributed by atoms with van der Waals surface area (Å²) in [7, 11) is 1.57. The van der Waals surface area contributed by atoms with Crippen molar-refractivity contribution in [1.29, 1.82) is 0 Å². The van der Waals surface area contributed by atoms with Gasteiger partial charge in [0.1, 0.15) is 0 Å². The molecule has 3 nitrogen and oxygen atoms in total. The van der Waals surface area contributed by atoms with Crippen molar-refractivity contribution in [3.05, 3.63) is 0 Å². The molecule has 0 aliphatic rings. The van der Waals surface area contributed by atoms with Crippen LogP contribution in [0, 0.1) is 0 Å². The molecule has 1 atom stereocenters. The number of aliphatic hydroxyl groups excluding tert-OH is 1. The van der Waals surface area contributed by atoms with Gasteiger partial charge in [0.25, 0.3) is 6.43 Å². The summed E-state index contributed by atoms with van der Waals surface area (Å²) in [6, 6.07) is 0. The number of nitrogens with zero attached hydrogens (tertiary/aromatic N) is 1. The van der Waals surface area contributed by atoms with Gasteiger partial charge in [-0.25, -0.2) is 8.78 Å². The van der Waals surface area contributed by atoms with Crippen LogP contribution in [0.5, 0.6) is 0 Å². The molecule has 0 aliphatic carbocycles. The van der Waals surface area contributed by atoms with E-state index < -0.39 is 12.5 Å². The van der Waals surface area contributed by atoms with E-state index in [0.29, 0.717) is 6.54 Å². The van der Waals surface area contributed by atoms with E-state index in [1.807, 2.05) is 6.92 Å². The van der Waals surface area contributed by atoms with Crippen LogP contribution in [-0.4, -0.2) is 55.8 Å². The minimum absolute atomic E-state index is 0.275. The highest BCUT2D eigenvalue weighted by Gasteiger charge is 2.11. The van der Waals surface area contributed by atoms with Crippen LogP contribution in [0.15, 0.2) is 0 Å². The van der Waals surface area contributed by atoms with Crippen LogP contribution in [0.4, 0.5) is 8.78 Å². The molecule has 0 aromatic rings. The molecule has 0 spiro atoms. The van der Waals surface area contributed by atoms with E-state index in [1.165, 1.54) is 4.90 Å². The van der Waals surface area contributed by atoms with Crippen molar-refractivity contribution in [3.63, 3.8) is 0 Å². The predicted molar refractivity (Wildman–Crippen MR) is 48.1 cm³/mol. The lowest BCUT2D eigenvalue weighted by Crippen LogP contribution is -2.38. The number of rotatable bonds is 7. The van der Waals surface area contributed by atoms with Gasteiger partial charge in [0.2, 0.25) is 0 Å². The van der Waals surface area contributed by atoms with Crippen LogP contribution in [0.25, 0.3) is 0 Å². The van der Waals surface area contributed by atoms with Gasteiger partial charge in [0.05, 0.1) is 12.6 Å². The van der Waals surface area contributed by atoms with Gasteiger partial charge < -0.3 is 10.4 Å². The second kappa shape index (κ2) is 7.17. The van der Waals surface area contributed by atoms with Crippen molar-refractivity contribution in [3.8, 4) is 0 Å². The molecule has 0 amide bonds. The molecule has 5 heteroatoms. The lowest BCUT2D eigenvalue weighted by molar-refractivity contribution is 0.0683. The lowest BCUT2D eigenvalue weighted by atomic mass is 10.3. The van der Waals surface area contributed by atoms with Gasteiger partial charge in [0.15, 0.2) is 0 Å². The Morgan fingerprint density at radius 2 is 2.00 bits per heavy atom. The van der Waals surface area contributed by atoms with E-state index in [2.05, 4.69) is 5.32 Å². The summed E-state index contributed by atoms with van der Waals surface area (Å²) in [6.45, 7) is 3.13. The Kier molecular flexibility index (Phi) is 7.03. The van der Waals surface area contributed by atoms with E-state index in [0.717, 1.165) is 6.54 Å². The fourth-order valence-electron chi connectivity index (χ4n) is 1.05. The summed E-state index contributed by atoms with van der Waals surface area (Å²) in [6.07, 6.45) is -2.92. The van der Waals surface area contributed by atoms with E-state index in [9.17, 15) is 13.9 Å². The Hall–Kier alpha value is -0.260. The molecule has 0 fully saturated rings. The van der Waals surface area contributed by atoms with Crippen LogP contribution in [0.2, 0.25) is 0 Å². The highest BCUT2D eigenvalue weighted by molar-refractivity contribution is 4.64. The van der Waals surface area contributed by atoms with Crippen LogP contribution in [0.1, 0.15) is 6.92 Å². The maximum Gasteiger partial charge on any atom is 0.251 e. The minimum Gasteiger partial charge on any atom is -0.390 e. The second-order valence-electron chi connectivity index (χ2n) is 3.07. The summed E-state index contributed by atoms with van der Waals surface area (Å²) in [5.41, 5.74) is 0. The van der Waals surface area contributed by atoms with E-state index in [-0.39, 0.29) is 13.1 Å². The number of halogens is 2. The number of likely N-dealkylation sites (N-methyl/N-ethyl adjacent to an activating group) is 2. The fraction of sp³-hybridized carbons (Fsp3) is 1.00. The van der Waals surface area contributed by atoms with Crippen LogP contribution >= 0.6 is 0 Å². The number of hydrogen-bond donors (Lipinski definition) is 2. The zero-order valence-electron chi connectivity index (χ0n) is 8.13. The molecule has 0 bridgehead atoms. The third-order valence-electron chi connectivity index (χ3n) is 1.60. The average molecular weight is 196 g/mol. The molecule has 13 heavy (non-hydrogen) atoms. The topological polar surface area (TPSA) is 35.5 Å². The Balaban J connectivity index is 3.46. The highest BCUT2D eigenvalue weighted by atomic mass is 19.3. The van der Waals surface area contributed by atoms with Gasteiger partial charge in [-0.15, -0.1) is 0 Å². The fourth-order valence-corrected chi connectivity index (χ4v) is 1.05. The molecular weight excluding hydrogens is 178 g/mol. The van der Waals surface area contributed by atoms with Crippen LogP contribution < -0.4 is 5.32 Å². The molecular formula is C8H18F2N2O. The monoisotopic (exact) mass is 196 g/mol. The van der Waals surface area contributed by atoms with Crippen molar-refractivity contribution in [2.24, 2.45) is 0 Å². The third-order valence-corrected chi connectivity index (χ3v) is 1.60. The first-order valence-corrected chi connectivity index (χ1v) is 4.41. The summed E-state index contributed by atoms with van der Waals surface area (Å²) >= 11 is 0. The standard InChI is InChI=1S/C8H18F2N2O/c1-3-11-4-7(13)5-12(2)6-8(9)10/h7-8,11,13H,3-6H2,1-2H3. The zero-order valence-corrected chi connectivity index (χ0v) is 8.13. The van der Waals surface area contributed by atoms with Gasteiger partial charge >= 0.3 is 0 Å². The summed E-state index contributed by atoms with van der Waals surface area (Å²) in [4.78, 5) is 1.42. The molecule has 0 aromatic heterocycles.